The quantitative estimate of drug-likeness (QED) is 0.873. The lowest BCUT2D eigenvalue weighted by atomic mass is 10.2. The number of nitrogens with zero attached hydrogens (tertiary/aromatic N) is 1. The highest BCUT2D eigenvalue weighted by molar-refractivity contribution is 7.15. The summed E-state index contributed by atoms with van der Waals surface area (Å²) in [5, 5.41) is 4.45. The van der Waals surface area contributed by atoms with E-state index in [-0.39, 0.29) is 0 Å². The second kappa shape index (κ2) is 6.68. The molecule has 19 heavy (non-hydrogen) atoms. The molecule has 2 rings (SSSR count). The molecule has 2 aromatic rings. The van der Waals surface area contributed by atoms with Crippen LogP contribution in [-0.2, 0) is 6.54 Å². The van der Waals surface area contributed by atoms with Gasteiger partial charge in [-0.3, -0.25) is 0 Å². The van der Waals surface area contributed by atoms with Crippen LogP contribution in [0.15, 0.2) is 30.5 Å². The lowest BCUT2D eigenvalue weighted by Crippen LogP contribution is -2.21. The van der Waals surface area contributed by atoms with Gasteiger partial charge in [0.05, 0.1) is 6.61 Å². The van der Waals surface area contributed by atoms with E-state index in [2.05, 4.69) is 30.2 Å². The van der Waals surface area contributed by atoms with Gasteiger partial charge in [0.15, 0.2) is 0 Å². The zero-order chi connectivity index (χ0) is 13.7. The van der Waals surface area contributed by atoms with Crippen LogP contribution in [0.2, 0.25) is 0 Å². The molecule has 0 saturated carbocycles. The lowest BCUT2D eigenvalue weighted by Gasteiger charge is -2.05. The van der Waals surface area contributed by atoms with E-state index in [0.29, 0.717) is 12.6 Å². The smallest absolute Gasteiger partial charge is 0.123 e. The second-order valence-electron chi connectivity index (χ2n) is 4.63. The Morgan fingerprint density at radius 2 is 2.21 bits per heavy atom. The van der Waals surface area contributed by atoms with Crippen molar-refractivity contribution < 1.29 is 4.74 Å². The molecule has 1 aromatic carbocycles. The molecule has 0 aliphatic carbocycles. The summed E-state index contributed by atoms with van der Waals surface area (Å²) in [6, 6.07) is 8.59. The van der Waals surface area contributed by atoms with Crippen LogP contribution in [0.4, 0.5) is 0 Å². The molecule has 3 nitrogen and oxygen atoms in total. The Morgan fingerprint density at radius 1 is 1.37 bits per heavy atom. The van der Waals surface area contributed by atoms with Crippen LogP contribution >= 0.6 is 11.3 Å². The summed E-state index contributed by atoms with van der Waals surface area (Å²) in [6.07, 6.45) is 1.95. The lowest BCUT2D eigenvalue weighted by molar-refractivity contribution is 0.340. The van der Waals surface area contributed by atoms with Gasteiger partial charge in [0.1, 0.15) is 10.8 Å². The molecule has 0 saturated heterocycles. The van der Waals surface area contributed by atoms with Crippen molar-refractivity contribution in [3.63, 3.8) is 0 Å². The van der Waals surface area contributed by atoms with Crippen LogP contribution in [0.1, 0.15) is 25.6 Å². The van der Waals surface area contributed by atoms with Crippen molar-refractivity contribution in [2.24, 2.45) is 0 Å². The summed E-state index contributed by atoms with van der Waals surface area (Å²) >= 11 is 1.73. The van der Waals surface area contributed by atoms with E-state index in [1.54, 1.807) is 11.3 Å². The van der Waals surface area contributed by atoms with E-state index >= 15 is 0 Å². The van der Waals surface area contributed by atoms with Crippen molar-refractivity contribution in [3.8, 4) is 16.3 Å². The maximum Gasteiger partial charge on any atom is 0.123 e. The first kappa shape index (κ1) is 14.0. The topological polar surface area (TPSA) is 34.1 Å². The molecule has 0 spiro atoms. The SMILES string of the molecule is CCOc1cccc(-c2ncc(CNC(C)C)s2)c1. The minimum absolute atomic E-state index is 0.492. The van der Waals surface area contributed by atoms with Crippen LogP contribution in [-0.4, -0.2) is 17.6 Å². The molecule has 0 radical (unpaired) electrons. The van der Waals surface area contributed by atoms with Crippen LogP contribution in [0.5, 0.6) is 5.75 Å². The summed E-state index contributed by atoms with van der Waals surface area (Å²) in [5.74, 6) is 0.900. The number of hydrogen-bond acceptors (Lipinski definition) is 4. The van der Waals surface area contributed by atoms with Gasteiger partial charge in [0.25, 0.3) is 0 Å². The average molecular weight is 276 g/mol. The number of nitrogens with one attached hydrogen (secondary N) is 1. The normalized spacial score (nSPS) is 10.9. The fourth-order valence-corrected chi connectivity index (χ4v) is 2.57. The molecule has 0 bridgehead atoms. The third kappa shape index (κ3) is 4.04. The van der Waals surface area contributed by atoms with Gasteiger partial charge in [-0.15, -0.1) is 11.3 Å². The third-order valence-electron chi connectivity index (χ3n) is 2.63. The van der Waals surface area contributed by atoms with Gasteiger partial charge in [0.2, 0.25) is 0 Å². The standard InChI is InChI=1S/C15H20N2OS/c1-4-18-13-7-5-6-12(8-13)15-17-10-14(19-15)9-16-11(2)3/h5-8,10-11,16H,4,9H2,1-3H3. The third-order valence-corrected chi connectivity index (χ3v) is 3.68. The largest absolute Gasteiger partial charge is 0.494 e. The van der Waals surface area contributed by atoms with Gasteiger partial charge < -0.3 is 10.1 Å². The van der Waals surface area contributed by atoms with Gasteiger partial charge in [0, 0.05) is 29.2 Å². The predicted octanol–water partition coefficient (Wildman–Crippen LogP) is 3.71. The first-order valence-corrected chi connectivity index (χ1v) is 7.42. The van der Waals surface area contributed by atoms with Crippen molar-refractivity contribution >= 4 is 11.3 Å². The number of rotatable bonds is 6. The summed E-state index contributed by atoms with van der Waals surface area (Å²) in [7, 11) is 0. The van der Waals surface area contributed by atoms with Crippen molar-refractivity contribution in [1.29, 1.82) is 0 Å². The molecule has 0 aliphatic heterocycles. The molecule has 0 aliphatic rings. The molecule has 0 unspecified atom stereocenters. The van der Waals surface area contributed by atoms with Crippen molar-refractivity contribution in [3.05, 3.63) is 35.3 Å². The Hall–Kier alpha value is -1.39. The molecule has 102 valence electrons. The molecular formula is C15H20N2OS. The van der Waals surface area contributed by atoms with E-state index in [1.807, 2.05) is 31.3 Å². The number of aromatic nitrogens is 1. The Labute approximate surface area is 118 Å². The number of hydrogen-bond donors (Lipinski definition) is 1. The number of ether oxygens (including phenoxy) is 1. The number of benzene rings is 1. The molecular weight excluding hydrogens is 256 g/mol. The highest BCUT2D eigenvalue weighted by Gasteiger charge is 2.06. The maximum absolute atomic E-state index is 5.52. The second-order valence-corrected chi connectivity index (χ2v) is 5.74. The van der Waals surface area contributed by atoms with Gasteiger partial charge in [-0.1, -0.05) is 26.0 Å². The van der Waals surface area contributed by atoms with Crippen molar-refractivity contribution in [1.82, 2.24) is 10.3 Å². The molecule has 4 heteroatoms. The van der Waals surface area contributed by atoms with E-state index in [1.165, 1.54) is 4.88 Å². The predicted molar refractivity (Wildman–Crippen MR) is 80.7 cm³/mol. The minimum atomic E-state index is 0.492. The summed E-state index contributed by atoms with van der Waals surface area (Å²) in [5.41, 5.74) is 1.12. The van der Waals surface area contributed by atoms with Gasteiger partial charge in [-0.2, -0.15) is 0 Å². The van der Waals surface area contributed by atoms with E-state index in [9.17, 15) is 0 Å². The molecule has 1 aromatic heterocycles. The van der Waals surface area contributed by atoms with E-state index in [0.717, 1.165) is 22.9 Å². The van der Waals surface area contributed by atoms with Crippen LogP contribution in [0, 0.1) is 0 Å². The van der Waals surface area contributed by atoms with Crippen LogP contribution in [0.25, 0.3) is 10.6 Å². The average Bonchev–Trinajstić information content (AvgIpc) is 2.86. The van der Waals surface area contributed by atoms with Gasteiger partial charge in [-0.05, 0) is 19.1 Å². The Bertz CT molecular complexity index is 522. The summed E-state index contributed by atoms with van der Waals surface area (Å²) in [6.45, 7) is 7.85. The molecule has 1 N–H and O–H groups in total. The minimum Gasteiger partial charge on any atom is -0.494 e. The molecule has 0 amide bonds. The van der Waals surface area contributed by atoms with Crippen LogP contribution in [0.3, 0.4) is 0 Å². The summed E-state index contributed by atoms with van der Waals surface area (Å²) < 4.78 is 5.52. The highest BCUT2D eigenvalue weighted by Crippen LogP contribution is 2.27. The zero-order valence-electron chi connectivity index (χ0n) is 11.6. The Kier molecular flexibility index (Phi) is 4.93. The Balaban J connectivity index is 2.11. The zero-order valence-corrected chi connectivity index (χ0v) is 12.5. The number of thiazole rings is 1. The fourth-order valence-electron chi connectivity index (χ4n) is 1.71. The first-order chi connectivity index (χ1) is 9.19. The monoisotopic (exact) mass is 276 g/mol. The molecule has 0 atom stereocenters. The fraction of sp³-hybridized carbons (Fsp3) is 0.400. The van der Waals surface area contributed by atoms with E-state index in [4.69, 9.17) is 4.74 Å². The molecule has 0 fully saturated rings. The maximum atomic E-state index is 5.52. The Morgan fingerprint density at radius 3 is 2.95 bits per heavy atom. The van der Waals surface area contributed by atoms with E-state index < -0.39 is 0 Å². The van der Waals surface area contributed by atoms with Crippen molar-refractivity contribution in [2.75, 3.05) is 6.61 Å². The summed E-state index contributed by atoms with van der Waals surface area (Å²) in [4.78, 5) is 5.74. The molecule has 1 heterocycles. The van der Waals surface area contributed by atoms with Gasteiger partial charge >= 0.3 is 0 Å². The van der Waals surface area contributed by atoms with Gasteiger partial charge in [-0.25, -0.2) is 4.98 Å². The van der Waals surface area contributed by atoms with Crippen molar-refractivity contribution in [2.45, 2.75) is 33.4 Å². The van der Waals surface area contributed by atoms with Crippen LogP contribution < -0.4 is 10.1 Å². The highest BCUT2D eigenvalue weighted by atomic mass is 32.1. The first-order valence-electron chi connectivity index (χ1n) is 6.60.